The molecule has 0 fully saturated rings. The molecule has 0 saturated carbocycles. The summed E-state index contributed by atoms with van der Waals surface area (Å²) in [5.41, 5.74) is 5.33. The number of hydrogen-bond acceptors (Lipinski definition) is 9. The van der Waals surface area contributed by atoms with Gasteiger partial charge in [-0.3, -0.25) is 18.6 Å². The van der Waals surface area contributed by atoms with Crippen LogP contribution in [-0.2, 0) is 32.7 Å². The van der Waals surface area contributed by atoms with Crippen LogP contribution in [0.25, 0.3) is 0 Å². The fourth-order valence-electron chi connectivity index (χ4n) is 5.25. The Morgan fingerprint density at radius 3 is 1.72 bits per heavy atom. The lowest BCUT2D eigenvalue weighted by Gasteiger charge is -2.19. The molecule has 4 N–H and O–H groups in total. The Kier molecular flexibility index (Phi) is 37.2. The van der Waals surface area contributed by atoms with Crippen LogP contribution in [0.2, 0.25) is 0 Å². The second-order valence-corrected chi connectivity index (χ2v) is 15.1. The molecule has 0 aromatic carbocycles. The minimum Gasteiger partial charge on any atom is -0.462 e. The van der Waals surface area contributed by atoms with Crippen LogP contribution in [0, 0.1) is 0 Å². The quantitative estimate of drug-likeness (QED) is 0.0239. The molecule has 0 spiro atoms. The number of carbonyl (C=O) groups is 2. The largest absolute Gasteiger partial charge is 0.472 e. The van der Waals surface area contributed by atoms with Crippen molar-refractivity contribution in [1.82, 2.24) is 0 Å². The standard InChI is InChI=1S/C43H76NO9P/c1-3-5-6-7-8-9-10-11-12-16-19-22-25-28-31-34-42(46)50-38-41(39-52-54(48,49)51-37-36-44)53-43(47)35-32-29-26-23-20-17-14-13-15-18-21-24-27-30-33-40(45)4-2/h11-12,14-15,17-18,23-24,26-27,40-41,45H,3-10,13,16,19-22,25,28-39,44H2,1-2H3,(H,48,49)/b12-11-,17-14-,18-15-,26-23-,27-24-/t40-,41-/m1/s1. The molecule has 0 aromatic heterocycles. The molecule has 0 aliphatic heterocycles. The molecular weight excluding hydrogens is 705 g/mol. The average molecular weight is 782 g/mol. The number of rotatable bonds is 38. The second kappa shape index (κ2) is 38.9. The van der Waals surface area contributed by atoms with Crippen molar-refractivity contribution in [2.45, 2.75) is 174 Å². The van der Waals surface area contributed by atoms with Gasteiger partial charge in [0.25, 0.3) is 0 Å². The van der Waals surface area contributed by atoms with Crippen LogP contribution in [0.1, 0.15) is 162 Å². The third-order valence-electron chi connectivity index (χ3n) is 8.54. The number of esters is 2. The zero-order valence-electron chi connectivity index (χ0n) is 33.8. The van der Waals surface area contributed by atoms with Gasteiger partial charge < -0.3 is 25.2 Å². The Balaban J connectivity index is 4.31. The first-order chi connectivity index (χ1) is 26.2. The van der Waals surface area contributed by atoms with Crippen LogP contribution in [-0.4, -0.2) is 60.5 Å². The lowest BCUT2D eigenvalue weighted by atomic mass is 10.1. The van der Waals surface area contributed by atoms with E-state index in [2.05, 4.69) is 55.5 Å². The van der Waals surface area contributed by atoms with Crippen molar-refractivity contribution < 1.29 is 42.7 Å². The summed E-state index contributed by atoms with van der Waals surface area (Å²) in [4.78, 5) is 34.8. The van der Waals surface area contributed by atoms with E-state index in [1.165, 1.54) is 44.9 Å². The van der Waals surface area contributed by atoms with Crippen LogP contribution in [0.3, 0.4) is 0 Å². The van der Waals surface area contributed by atoms with Gasteiger partial charge in [-0.25, -0.2) is 4.57 Å². The molecule has 0 aromatic rings. The van der Waals surface area contributed by atoms with Gasteiger partial charge >= 0.3 is 19.8 Å². The van der Waals surface area contributed by atoms with Crippen LogP contribution in [0.5, 0.6) is 0 Å². The molecular formula is C43H76NO9P. The number of phosphoric acid groups is 1. The smallest absolute Gasteiger partial charge is 0.462 e. The summed E-state index contributed by atoms with van der Waals surface area (Å²) in [7, 11) is -4.40. The lowest BCUT2D eigenvalue weighted by Crippen LogP contribution is -2.29. The third-order valence-corrected chi connectivity index (χ3v) is 9.52. The fourth-order valence-corrected chi connectivity index (χ4v) is 6.01. The SMILES string of the molecule is CCCCCCCC/C=C\CCCCCCCC(=O)OC[C@H](COP(=O)(O)OCCN)OC(=O)CCC/C=C\C/C=C\C/C=C\C/C=C\CC[C@H](O)CC. The summed E-state index contributed by atoms with van der Waals surface area (Å²) < 4.78 is 32.6. The van der Waals surface area contributed by atoms with E-state index in [4.69, 9.17) is 24.3 Å². The van der Waals surface area contributed by atoms with Gasteiger partial charge in [-0.2, -0.15) is 0 Å². The van der Waals surface area contributed by atoms with Gasteiger partial charge in [0.1, 0.15) is 6.61 Å². The predicted octanol–water partition coefficient (Wildman–Crippen LogP) is 10.7. The van der Waals surface area contributed by atoms with Crippen molar-refractivity contribution in [3.63, 3.8) is 0 Å². The number of ether oxygens (including phenoxy) is 2. The van der Waals surface area contributed by atoms with E-state index in [0.717, 1.165) is 70.6 Å². The summed E-state index contributed by atoms with van der Waals surface area (Å²) >= 11 is 0. The molecule has 0 bridgehead atoms. The van der Waals surface area contributed by atoms with E-state index in [1.807, 2.05) is 19.1 Å². The van der Waals surface area contributed by atoms with E-state index >= 15 is 0 Å². The Hall–Kier alpha value is -2.33. The number of carbonyl (C=O) groups excluding carboxylic acids is 2. The third kappa shape index (κ3) is 38.0. The number of nitrogens with two attached hydrogens (primary N) is 1. The topological polar surface area (TPSA) is 155 Å². The molecule has 3 atom stereocenters. The van der Waals surface area contributed by atoms with Crippen LogP contribution in [0.4, 0.5) is 0 Å². The van der Waals surface area contributed by atoms with Gasteiger partial charge in [0, 0.05) is 19.4 Å². The van der Waals surface area contributed by atoms with Gasteiger partial charge in [-0.1, -0.05) is 126 Å². The monoisotopic (exact) mass is 782 g/mol. The summed E-state index contributed by atoms with van der Waals surface area (Å²) in [5, 5.41) is 9.55. The van der Waals surface area contributed by atoms with E-state index < -0.39 is 32.5 Å². The molecule has 10 nitrogen and oxygen atoms in total. The van der Waals surface area contributed by atoms with Crippen LogP contribution in [0.15, 0.2) is 60.8 Å². The van der Waals surface area contributed by atoms with Gasteiger partial charge in [0.2, 0.25) is 0 Å². The maximum absolute atomic E-state index is 12.5. The Morgan fingerprint density at radius 2 is 1.13 bits per heavy atom. The first-order valence-electron chi connectivity index (χ1n) is 20.8. The first-order valence-corrected chi connectivity index (χ1v) is 22.3. The Labute approximate surface area is 328 Å². The molecule has 0 heterocycles. The summed E-state index contributed by atoms with van der Waals surface area (Å²) in [6.45, 7) is 3.35. The molecule has 1 unspecified atom stereocenters. The van der Waals surface area contributed by atoms with Crippen molar-refractivity contribution in [2.24, 2.45) is 5.73 Å². The molecule has 312 valence electrons. The predicted molar refractivity (Wildman–Crippen MR) is 221 cm³/mol. The number of unbranched alkanes of at least 4 members (excludes halogenated alkanes) is 12. The Morgan fingerprint density at radius 1 is 0.630 bits per heavy atom. The van der Waals surface area contributed by atoms with Gasteiger partial charge in [0.15, 0.2) is 6.10 Å². The molecule has 0 aliphatic carbocycles. The van der Waals surface area contributed by atoms with Crippen molar-refractivity contribution in [1.29, 1.82) is 0 Å². The molecule has 0 aliphatic rings. The minimum absolute atomic E-state index is 0.0355. The summed E-state index contributed by atoms with van der Waals surface area (Å²) in [6.07, 6.45) is 42.0. The number of aliphatic hydroxyl groups excluding tert-OH is 1. The molecule has 0 amide bonds. The minimum atomic E-state index is -4.40. The summed E-state index contributed by atoms with van der Waals surface area (Å²) in [6, 6.07) is 0. The highest BCUT2D eigenvalue weighted by Gasteiger charge is 2.25. The number of hydrogen-bond donors (Lipinski definition) is 3. The normalized spacial score (nSPS) is 14.5. The molecule has 0 rings (SSSR count). The van der Waals surface area contributed by atoms with E-state index in [1.54, 1.807) is 0 Å². The fraction of sp³-hybridized carbons (Fsp3) is 0.721. The molecule has 0 saturated heterocycles. The van der Waals surface area contributed by atoms with Crippen LogP contribution >= 0.6 is 7.82 Å². The second-order valence-electron chi connectivity index (χ2n) is 13.6. The zero-order chi connectivity index (χ0) is 39.8. The molecule has 11 heteroatoms. The number of aliphatic hydroxyl groups is 1. The first kappa shape index (κ1) is 51.7. The highest BCUT2D eigenvalue weighted by Crippen LogP contribution is 2.43. The highest BCUT2D eigenvalue weighted by atomic mass is 31.2. The van der Waals surface area contributed by atoms with E-state index in [-0.39, 0.29) is 38.7 Å². The number of phosphoric ester groups is 1. The zero-order valence-corrected chi connectivity index (χ0v) is 34.7. The highest BCUT2D eigenvalue weighted by molar-refractivity contribution is 7.47. The van der Waals surface area contributed by atoms with Crippen molar-refractivity contribution >= 4 is 19.8 Å². The molecule has 0 radical (unpaired) electrons. The van der Waals surface area contributed by atoms with Crippen molar-refractivity contribution in [3.8, 4) is 0 Å². The van der Waals surface area contributed by atoms with Gasteiger partial charge in [0.05, 0.1) is 19.3 Å². The molecule has 54 heavy (non-hydrogen) atoms. The van der Waals surface area contributed by atoms with Crippen LogP contribution < -0.4 is 5.73 Å². The maximum atomic E-state index is 12.5. The van der Waals surface area contributed by atoms with Crippen molar-refractivity contribution in [3.05, 3.63) is 60.8 Å². The van der Waals surface area contributed by atoms with Gasteiger partial charge in [-0.05, 0) is 83.5 Å². The van der Waals surface area contributed by atoms with Gasteiger partial charge in [-0.15, -0.1) is 0 Å². The van der Waals surface area contributed by atoms with E-state index in [0.29, 0.717) is 19.3 Å². The summed E-state index contributed by atoms with van der Waals surface area (Å²) in [5.74, 6) is -0.927. The average Bonchev–Trinajstić information content (AvgIpc) is 3.16. The lowest BCUT2D eigenvalue weighted by molar-refractivity contribution is -0.161. The number of allylic oxidation sites excluding steroid dienone is 10. The Bertz CT molecular complexity index is 1090. The maximum Gasteiger partial charge on any atom is 0.472 e. The van der Waals surface area contributed by atoms with Crippen molar-refractivity contribution in [2.75, 3.05) is 26.4 Å². The van der Waals surface area contributed by atoms with E-state index in [9.17, 15) is 24.2 Å².